The van der Waals surface area contributed by atoms with Crippen molar-refractivity contribution in [1.29, 1.82) is 0 Å². The van der Waals surface area contributed by atoms with Crippen LogP contribution < -0.4 is 14.8 Å². The van der Waals surface area contributed by atoms with Gasteiger partial charge < -0.3 is 19.8 Å². The molecule has 1 aromatic carbocycles. The number of H-pyrrole nitrogens is 1. The minimum Gasteiger partial charge on any atom is -0.493 e. The van der Waals surface area contributed by atoms with Crippen molar-refractivity contribution >= 4 is 15.9 Å². The highest BCUT2D eigenvalue weighted by atomic mass is 79.9. The van der Waals surface area contributed by atoms with Crippen molar-refractivity contribution in [1.82, 2.24) is 15.3 Å². The van der Waals surface area contributed by atoms with E-state index in [0.29, 0.717) is 11.8 Å². The Kier molecular flexibility index (Phi) is 7.72. The molecule has 1 saturated heterocycles. The third-order valence-electron chi connectivity index (χ3n) is 4.96. The van der Waals surface area contributed by atoms with Crippen LogP contribution in [0.5, 0.6) is 11.5 Å². The van der Waals surface area contributed by atoms with Crippen LogP contribution in [0.15, 0.2) is 53.3 Å². The third-order valence-corrected chi connectivity index (χ3v) is 5.42. The maximum Gasteiger partial charge on any atom is 0.170 e. The number of methoxy groups -OCH3 is 2. The van der Waals surface area contributed by atoms with Crippen LogP contribution in [0, 0.1) is 6.92 Å². The molecule has 0 amide bonds. The highest BCUT2D eigenvalue weighted by Crippen LogP contribution is 2.40. The summed E-state index contributed by atoms with van der Waals surface area (Å²) in [5.74, 6) is 1.45. The highest BCUT2D eigenvalue weighted by Gasteiger charge is 2.15. The first-order valence-corrected chi connectivity index (χ1v) is 10.6. The van der Waals surface area contributed by atoms with Crippen LogP contribution in [0.3, 0.4) is 0 Å². The topological polar surface area (TPSA) is 59.2 Å². The Morgan fingerprint density at radius 3 is 2.55 bits per heavy atom. The lowest BCUT2D eigenvalue weighted by molar-refractivity contribution is 0.356. The van der Waals surface area contributed by atoms with E-state index < -0.39 is 0 Å². The van der Waals surface area contributed by atoms with Gasteiger partial charge in [-0.15, -0.1) is 0 Å². The number of hydrogen-bond acceptors (Lipinski definition) is 4. The molecule has 0 radical (unpaired) electrons. The molecule has 1 aliphatic rings. The van der Waals surface area contributed by atoms with Crippen LogP contribution >= 0.6 is 15.9 Å². The quantitative estimate of drug-likeness (QED) is 0.529. The summed E-state index contributed by atoms with van der Waals surface area (Å²) in [5.41, 5.74) is 4.43. The van der Waals surface area contributed by atoms with Gasteiger partial charge in [0.1, 0.15) is 0 Å². The van der Waals surface area contributed by atoms with Gasteiger partial charge in [-0.3, -0.25) is 4.98 Å². The van der Waals surface area contributed by atoms with Crippen molar-refractivity contribution in [2.75, 3.05) is 20.8 Å². The number of halogens is 1. The molecule has 0 saturated carbocycles. The van der Waals surface area contributed by atoms with Crippen molar-refractivity contribution in [3.8, 4) is 22.8 Å². The zero-order valence-electron chi connectivity index (χ0n) is 17.2. The summed E-state index contributed by atoms with van der Waals surface area (Å²) in [6.45, 7) is 3.17. The number of aryl methyl sites for hydroxylation is 1. The molecule has 0 spiro atoms. The van der Waals surface area contributed by atoms with Crippen LogP contribution in [0.1, 0.15) is 36.6 Å². The monoisotopic (exact) mass is 457 g/mol. The molecule has 0 bridgehead atoms. The molecule has 29 heavy (non-hydrogen) atoms. The lowest BCUT2D eigenvalue weighted by atomic mass is 9.99. The smallest absolute Gasteiger partial charge is 0.170 e. The maximum absolute atomic E-state index is 5.42. The molecule has 1 fully saturated rings. The van der Waals surface area contributed by atoms with E-state index >= 15 is 0 Å². The highest BCUT2D eigenvalue weighted by molar-refractivity contribution is 9.10. The molecule has 2 N–H and O–H groups in total. The van der Waals surface area contributed by atoms with E-state index in [1.54, 1.807) is 14.2 Å². The molecule has 6 heteroatoms. The zero-order valence-corrected chi connectivity index (χ0v) is 18.8. The maximum atomic E-state index is 5.42. The Labute approximate surface area is 181 Å². The van der Waals surface area contributed by atoms with Gasteiger partial charge in [-0.25, -0.2) is 0 Å². The summed E-state index contributed by atoms with van der Waals surface area (Å²) in [6.07, 6.45) is 7.70. The minimum absolute atomic E-state index is 0.549. The molecular formula is C23H28BrN3O2. The second-order valence-electron chi connectivity index (χ2n) is 7.03. The van der Waals surface area contributed by atoms with Gasteiger partial charge >= 0.3 is 0 Å². The number of benzene rings is 1. The SMILES string of the molecule is COc1cc(Br)cc(-c2ccc(C)[nH]2)c1OC.c1cncc(C2CCCCN2)c1. The van der Waals surface area contributed by atoms with Crippen LogP contribution in [-0.4, -0.2) is 30.7 Å². The zero-order chi connectivity index (χ0) is 20.6. The summed E-state index contributed by atoms with van der Waals surface area (Å²) in [4.78, 5) is 7.41. The average molecular weight is 458 g/mol. The largest absolute Gasteiger partial charge is 0.493 e. The molecule has 3 heterocycles. The van der Waals surface area contributed by atoms with E-state index in [4.69, 9.17) is 9.47 Å². The number of rotatable bonds is 4. The van der Waals surface area contributed by atoms with Gasteiger partial charge in [0, 0.05) is 39.9 Å². The first-order chi connectivity index (χ1) is 14.1. The second-order valence-corrected chi connectivity index (χ2v) is 7.95. The van der Waals surface area contributed by atoms with Crippen molar-refractivity contribution in [3.05, 3.63) is 64.5 Å². The van der Waals surface area contributed by atoms with Crippen LogP contribution in [0.4, 0.5) is 0 Å². The Bertz CT molecular complexity index is 906. The number of aromatic amines is 1. The fraction of sp³-hybridized carbons (Fsp3) is 0.348. The minimum atomic E-state index is 0.549. The first kappa shape index (κ1) is 21.4. The van der Waals surface area contributed by atoms with E-state index in [1.807, 2.05) is 49.6 Å². The van der Waals surface area contributed by atoms with Gasteiger partial charge in [-0.05, 0) is 62.2 Å². The molecular weight excluding hydrogens is 430 g/mol. The molecule has 0 aliphatic carbocycles. The summed E-state index contributed by atoms with van der Waals surface area (Å²) in [5, 5.41) is 3.50. The fourth-order valence-corrected chi connectivity index (χ4v) is 3.95. The van der Waals surface area contributed by atoms with Crippen molar-refractivity contribution in [2.24, 2.45) is 0 Å². The summed E-state index contributed by atoms with van der Waals surface area (Å²) in [6, 6.07) is 12.7. The molecule has 1 aliphatic heterocycles. The summed E-state index contributed by atoms with van der Waals surface area (Å²) in [7, 11) is 3.28. The van der Waals surface area contributed by atoms with E-state index in [0.717, 1.165) is 33.7 Å². The number of hydrogen-bond donors (Lipinski definition) is 2. The number of nitrogens with zero attached hydrogens (tertiary/aromatic N) is 1. The van der Waals surface area contributed by atoms with Crippen molar-refractivity contribution < 1.29 is 9.47 Å². The predicted octanol–water partition coefficient (Wildman–Crippen LogP) is 5.67. The Morgan fingerprint density at radius 2 is 1.97 bits per heavy atom. The third kappa shape index (κ3) is 5.61. The van der Waals surface area contributed by atoms with Gasteiger partial charge in [0.25, 0.3) is 0 Å². The van der Waals surface area contributed by atoms with Gasteiger partial charge in [0.15, 0.2) is 11.5 Å². The van der Waals surface area contributed by atoms with Crippen LogP contribution in [0.25, 0.3) is 11.3 Å². The molecule has 4 rings (SSSR count). The lowest BCUT2D eigenvalue weighted by Crippen LogP contribution is -2.26. The number of nitrogens with one attached hydrogen (secondary N) is 2. The molecule has 1 atom stereocenters. The van der Waals surface area contributed by atoms with E-state index in [2.05, 4.69) is 37.3 Å². The van der Waals surface area contributed by atoms with E-state index in [-0.39, 0.29) is 0 Å². The second kappa shape index (κ2) is 10.5. The van der Waals surface area contributed by atoms with Crippen LogP contribution in [-0.2, 0) is 0 Å². The Balaban J connectivity index is 0.000000176. The summed E-state index contributed by atoms with van der Waals surface area (Å²) < 4.78 is 11.7. The normalized spacial score (nSPS) is 15.9. The van der Waals surface area contributed by atoms with Gasteiger partial charge in [-0.2, -0.15) is 0 Å². The number of piperidine rings is 1. The van der Waals surface area contributed by atoms with Gasteiger partial charge in [0.05, 0.1) is 14.2 Å². The number of aromatic nitrogens is 2. The fourth-order valence-electron chi connectivity index (χ4n) is 3.51. The standard InChI is InChI=1S/C13H14BrNO2.C10H14N2/c1-8-4-5-11(15-8)10-6-9(14)7-12(16-2)13(10)17-3;1-2-7-12-10(5-1)9-4-3-6-11-8-9/h4-7,15H,1-3H3;3-4,6,8,10,12H,1-2,5,7H2. The number of ether oxygens (including phenoxy) is 2. The molecule has 3 aromatic rings. The average Bonchev–Trinajstić information content (AvgIpc) is 3.21. The Hall–Kier alpha value is -2.31. The molecule has 2 aromatic heterocycles. The van der Waals surface area contributed by atoms with Gasteiger partial charge in [-0.1, -0.05) is 28.4 Å². The summed E-state index contributed by atoms with van der Waals surface area (Å²) >= 11 is 3.47. The van der Waals surface area contributed by atoms with E-state index in [9.17, 15) is 0 Å². The molecule has 154 valence electrons. The van der Waals surface area contributed by atoms with Gasteiger partial charge in [0.2, 0.25) is 0 Å². The van der Waals surface area contributed by atoms with Crippen LogP contribution in [0.2, 0.25) is 0 Å². The van der Waals surface area contributed by atoms with Crippen molar-refractivity contribution in [2.45, 2.75) is 32.2 Å². The van der Waals surface area contributed by atoms with Crippen molar-refractivity contribution in [3.63, 3.8) is 0 Å². The number of pyridine rings is 1. The molecule has 1 unspecified atom stereocenters. The Morgan fingerprint density at radius 1 is 1.10 bits per heavy atom. The lowest BCUT2D eigenvalue weighted by Gasteiger charge is -2.23. The first-order valence-electron chi connectivity index (χ1n) is 9.83. The van der Waals surface area contributed by atoms with E-state index in [1.165, 1.54) is 24.8 Å². The predicted molar refractivity (Wildman–Crippen MR) is 121 cm³/mol. The molecule has 5 nitrogen and oxygen atoms in total.